The van der Waals surface area contributed by atoms with Crippen LogP contribution in [0.15, 0.2) is 33.4 Å². The molecule has 0 saturated carbocycles. The Labute approximate surface area is 126 Å². The van der Waals surface area contributed by atoms with Gasteiger partial charge in [-0.15, -0.1) is 11.3 Å². The second-order valence-corrected chi connectivity index (χ2v) is 6.94. The summed E-state index contributed by atoms with van der Waals surface area (Å²) in [7, 11) is 4.14. The molecule has 0 aliphatic rings. The summed E-state index contributed by atoms with van der Waals surface area (Å²) < 4.78 is 6.69. The fourth-order valence-electron chi connectivity index (χ4n) is 1.96. The van der Waals surface area contributed by atoms with E-state index >= 15 is 0 Å². The highest BCUT2D eigenvalue weighted by atomic mass is 79.9. The Hall–Kier alpha value is -0.620. The van der Waals surface area contributed by atoms with E-state index in [1.54, 1.807) is 6.26 Å². The van der Waals surface area contributed by atoms with E-state index in [1.165, 1.54) is 14.2 Å². The maximum Gasteiger partial charge on any atom is 0.122 e. The van der Waals surface area contributed by atoms with Crippen molar-refractivity contribution in [3.63, 3.8) is 0 Å². The average Bonchev–Trinajstić information content (AvgIpc) is 2.96. The first-order valence-corrected chi connectivity index (χ1v) is 7.84. The van der Waals surface area contributed by atoms with Crippen molar-refractivity contribution in [3.05, 3.63) is 44.4 Å². The predicted octanol–water partition coefficient (Wildman–Crippen LogP) is 3.80. The third kappa shape index (κ3) is 3.92. The molecule has 1 unspecified atom stereocenters. The quantitative estimate of drug-likeness (QED) is 0.865. The third-order valence-corrected chi connectivity index (χ3v) is 5.18. The van der Waals surface area contributed by atoms with Gasteiger partial charge in [0.2, 0.25) is 0 Å². The molecule has 19 heavy (non-hydrogen) atoms. The van der Waals surface area contributed by atoms with Crippen LogP contribution in [0.2, 0.25) is 0 Å². The summed E-state index contributed by atoms with van der Waals surface area (Å²) >= 11 is 5.38. The lowest BCUT2D eigenvalue weighted by molar-refractivity contribution is 0.250. The van der Waals surface area contributed by atoms with Crippen LogP contribution in [0, 0.1) is 6.92 Å². The van der Waals surface area contributed by atoms with Gasteiger partial charge in [-0.1, -0.05) is 0 Å². The lowest BCUT2D eigenvalue weighted by atomic mass is 10.2. The van der Waals surface area contributed by atoms with Crippen molar-refractivity contribution in [2.75, 3.05) is 20.6 Å². The van der Waals surface area contributed by atoms with Gasteiger partial charge >= 0.3 is 0 Å². The number of nitrogens with one attached hydrogen (secondary N) is 1. The predicted molar refractivity (Wildman–Crippen MR) is 83.6 cm³/mol. The lowest BCUT2D eigenvalue weighted by Crippen LogP contribution is -2.30. The standard InChI is InChI=1S/C14H19BrN2OS/c1-10-12(15)7-11(19-10)8-16-9-13(17(2)3)14-5-4-6-18-14/h4-7,13,16H,8-9H2,1-3H3. The normalized spacial score (nSPS) is 13.1. The molecule has 0 aliphatic heterocycles. The lowest BCUT2D eigenvalue weighted by Gasteiger charge is -2.22. The minimum absolute atomic E-state index is 0.263. The van der Waals surface area contributed by atoms with E-state index in [0.29, 0.717) is 0 Å². The molecule has 2 rings (SSSR count). The minimum Gasteiger partial charge on any atom is -0.468 e. The topological polar surface area (TPSA) is 28.4 Å². The average molecular weight is 343 g/mol. The zero-order valence-corrected chi connectivity index (χ0v) is 13.8. The molecule has 2 aromatic rings. The molecule has 5 heteroatoms. The summed E-state index contributed by atoms with van der Waals surface area (Å²) in [5.41, 5.74) is 0. The molecule has 0 radical (unpaired) electrons. The summed E-state index contributed by atoms with van der Waals surface area (Å²) in [6, 6.07) is 6.41. The van der Waals surface area contributed by atoms with E-state index < -0.39 is 0 Å². The molecule has 3 nitrogen and oxygen atoms in total. The second-order valence-electron chi connectivity index (χ2n) is 4.74. The van der Waals surface area contributed by atoms with Gasteiger partial charge in [-0.25, -0.2) is 0 Å². The zero-order chi connectivity index (χ0) is 13.8. The van der Waals surface area contributed by atoms with Crippen LogP contribution in [0.25, 0.3) is 0 Å². The highest BCUT2D eigenvalue weighted by molar-refractivity contribution is 9.10. The van der Waals surface area contributed by atoms with Gasteiger partial charge in [0.05, 0.1) is 12.3 Å². The molecule has 0 saturated heterocycles. The van der Waals surface area contributed by atoms with Gasteiger partial charge in [-0.05, 0) is 55.1 Å². The number of furan rings is 1. The number of hydrogen-bond acceptors (Lipinski definition) is 4. The Kier molecular flexibility index (Phi) is 5.21. The van der Waals surface area contributed by atoms with Gasteiger partial charge in [-0.2, -0.15) is 0 Å². The van der Waals surface area contributed by atoms with Crippen molar-refractivity contribution < 1.29 is 4.42 Å². The first kappa shape index (κ1) is 14.8. The summed E-state index contributed by atoms with van der Waals surface area (Å²) in [6.45, 7) is 3.89. The summed E-state index contributed by atoms with van der Waals surface area (Å²) in [4.78, 5) is 4.84. The van der Waals surface area contributed by atoms with Gasteiger partial charge in [0, 0.05) is 27.3 Å². The van der Waals surface area contributed by atoms with Crippen molar-refractivity contribution in [2.24, 2.45) is 0 Å². The number of nitrogens with zero attached hydrogens (tertiary/aromatic N) is 1. The van der Waals surface area contributed by atoms with Crippen LogP contribution >= 0.6 is 27.3 Å². The number of aryl methyl sites for hydroxylation is 1. The number of likely N-dealkylation sites (N-methyl/N-ethyl adjacent to an activating group) is 1. The summed E-state index contributed by atoms with van der Waals surface area (Å²) in [5.74, 6) is 1.00. The van der Waals surface area contributed by atoms with Crippen LogP contribution in [0.1, 0.15) is 21.6 Å². The number of rotatable bonds is 6. The van der Waals surface area contributed by atoms with Crippen molar-refractivity contribution in [2.45, 2.75) is 19.5 Å². The monoisotopic (exact) mass is 342 g/mol. The van der Waals surface area contributed by atoms with E-state index in [0.717, 1.165) is 18.8 Å². The Bertz CT molecular complexity index is 488. The Balaban J connectivity index is 1.89. The molecular weight excluding hydrogens is 324 g/mol. The van der Waals surface area contributed by atoms with Gasteiger partial charge in [-0.3, -0.25) is 4.90 Å². The van der Waals surface area contributed by atoms with Crippen molar-refractivity contribution in [1.82, 2.24) is 10.2 Å². The number of halogens is 1. The molecule has 0 spiro atoms. The van der Waals surface area contributed by atoms with Crippen LogP contribution in [-0.4, -0.2) is 25.5 Å². The highest BCUT2D eigenvalue weighted by Crippen LogP contribution is 2.26. The molecule has 104 valence electrons. The van der Waals surface area contributed by atoms with Gasteiger partial charge in [0.1, 0.15) is 5.76 Å². The molecular formula is C14H19BrN2OS. The smallest absolute Gasteiger partial charge is 0.122 e. The van der Waals surface area contributed by atoms with Crippen LogP contribution in [-0.2, 0) is 6.54 Å². The largest absolute Gasteiger partial charge is 0.468 e. The maximum atomic E-state index is 5.50. The van der Waals surface area contributed by atoms with Crippen molar-refractivity contribution >= 4 is 27.3 Å². The zero-order valence-electron chi connectivity index (χ0n) is 11.4. The molecule has 2 aromatic heterocycles. The molecule has 0 bridgehead atoms. The molecule has 0 aromatic carbocycles. The van der Waals surface area contributed by atoms with Crippen LogP contribution in [0.4, 0.5) is 0 Å². The number of thiophene rings is 1. The van der Waals surface area contributed by atoms with Gasteiger partial charge in [0.15, 0.2) is 0 Å². The van der Waals surface area contributed by atoms with Crippen molar-refractivity contribution in [3.8, 4) is 0 Å². The molecule has 0 aliphatic carbocycles. The second kappa shape index (κ2) is 6.70. The van der Waals surface area contributed by atoms with Crippen LogP contribution < -0.4 is 5.32 Å². The SMILES string of the molecule is Cc1sc(CNCC(c2ccco2)N(C)C)cc1Br. The van der Waals surface area contributed by atoms with Gasteiger partial charge in [0.25, 0.3) is 0 Å². The van der Waals surface area contributed by atoms with Crippen LogP contribution in [0.3, 0.4) is 0 Å². The molecule has 1 atom stereocenters. The third-order valence-electron chi connectivity index (χ3n) is 3.04. The van der Waals surface area contributed by atoms with E-state index in [-0.39, 0.29) is 6.04 Å². The van der Waals surface area contributed by atoms with Crippen molar-refractivity contribution in [1.29, 1.82) is 0 Å². The number of hydrogen-bond donors (Lipinski definition) is 1. The van der Waals surface area contributed by atoms with Gasteiger partial charge < -0.3 is 9.73 Å². The van der Waals surface area contributed by atoms with E-state index in [9.17, 15) is 0 Å². The Morgan fingerprint density at radius 2 is 2.26 bits per heavy atom. The highest BCUT2D eigenvalue weighted by Gasteiger charge is 2.16. The first-order valence-electron chi connectivity index (χ1n) is 6.23. The Morgan fingerprint density at radius 3 is 2.79 bits per heavy atom. The first-order chi connectivity index (χ1) is 9.08. The summed E-state index contributed by atoms with van der Waals surface area (Å²) in [5, 5.41) is 3.50. The fraction of sp³-hybridized carbons (Fsp3) is 0.429. The Morgan fingerprint density at radius 1 is 1.47 bits per heavy atom. The van der Waals surface area contributed by atoms with E-state index in [4.69, 9.17) is 4.42 Å². The maximum absolute atomic E-state index is 5.50. The van der Waals surface area contributed by atoms with Crippen LogP contribution in [0.5, 0.6) is 0 Å². The molecule has 2 heterocycles. The molecule has 0 amide bonds. The van der Waals surface area contributed by atoms with E-state index in [1.807, 2.05) is 23.5 Å². The minimum atomic E-state index is 0.263. The molecule has 1 N–H and O–H groups in total. The molecule has 0 fully saturated rings. The summed E-state index contributed by atoms with van der Waals surface area (Å²) in [6.07, 6.45) is 1.73. The fourth-order valence-corrected chi connectivity index (χ4v) is 3.53. The van der Waals surface area contributed by atoms with E-state index in [2.05, 4.69) is 53.2 Å².